The number of hydrogen-bond acceptors (Lipinski definition) is 12. The highest BCUT2D eigenvalue weighted by Gasteiger charge is 2.23. The molecule has 0 bridgehead atoms. The Morgan fingerprint density at radius 1 is 0.183 bits per heavy atom. The van der Waals surface area contributed by atoms with Crippen molar-refractivity contribution in [3.05, 3.63) is 401 Å². The summed E-state index contributed by atoms with van der Waals surface area (Å²) < 4.78 is 6.48. The molecule has 6 N–H and O–H groups in total. The standard InChI is InChI=1S/C35H25BN2O2.C34H24BN3O2.C33H23BN4O2/c39-36(40)28-17-20-31-30-13-7-8-14-34(30)38(35(31)23-28)29-18-15-26(16-19-29)33-22-27(24-9-3-1-4-10-24)21-32(37-33)25-11-5-2-6-12-25;39-35(40)27-13-16-30-29-7-1-2-10-33(29)38(34(30)22-27)28-14-11-23(12-15-28)24-19-25(31-8-3-5-17-36-31)21-26(20-24)32-9-4-6-18-37-32;39-34(40)25-17-20-28-27-13-7-8-14-29(27)38(30(28)21-25)26-18-15-24(16-19-26)33-36-31(22-9-3-1-4-10-22)35-32(37-33)23-11-5-2-6-12-23/h1-23,39-40H;1-22,39-40H;1-21,39-40H. The summed E-state index contributed by atoms with van der Waals surface area (Å²) in [6, 6.07) is 129. The molecule has 21 aromatic rings. The first kappa shape index (κ1) is 75.0. The summed E-state index contributed by atoms with van der Waals surface area (Å²) in [5.74, 6) is 1.82. The third-order valence-electron chi connectivity index (χ3n) is 21.8. The lowest BCUT2D eigenvalue weighted by molar-refractivity contribution is 0.424. The van der Waals surface area contributed by atoms with Crippen LogP contribution in [0.5, 0.6) is 0 Å². The number of rotatable bonds is 15. The van der Waals surface area contributed by atoms with E-state index in [4.69, 9.17) is 19.9 Å². The summed E-state index contributed by atoms with van der Waals surface area (Å²) in [5, 5.41) is 65.5. The second-order valence-electron chi connectivity index (χ2n) is 29.3. The van der Waals surface area contributed by atoms with Gasteiger partial charge in [-0.2, -0.15) is 0 Å². The maximum absolute atomic E-state index is 9.83. The van der Waals surface area contributed by atoms with E-state index in [1.807, 2.05) is 231 Å². The topological polar surface area (TPSA) is 214 Å². The molecule has 0 amide bonds. The zero-order valence-corrected chi connectivity index (χ0v) is 64.5. The minimum absolute atomic E-state index is 0.445. The highest BCUT2D eigenvalue weighted by Crippen LogP contribution is 2.39. The van der Waals surface area contributed by atoms with Crippen LogP contribution in [0, 0.1) is 0 Å². The van der Waals surface area contributed by atoms with E-state index < -0.39 is 21.4 Å². The molecule has 0 atom stereocenters. The molecule has 120 heavy (non-hydrogen) atoms. The number of hydrogen-bond donors (Lipinski definition) is 6. The molecule has 15 nitrogen and oxygen atoms in total. The van der Waals surface area contributed by atoms with E-state index in [1.54, 1.807) is 18.2 Å². The molecule has 7 aromatic heterocycles. The number of nitrogens with zero attached hydrogens (tertiary/aromatic N) is 9. The zero-order valence-electron chi connectivity index (χ0n) is 64.5. The van der Waals surface area contributed by atoms with Gasteiger partial charge in [0.2, 0.25) is 0 Å². The molecule has 0 saturated heterocycles. The van der Waals surface area contributed by atoms with E-state index in [9.17, 15) is 30.1 Å². The average molecular weight is 1550 g/mol. The van der Waals surface area contributed by atoms with Gasteiger partial charge in [0.1, 0.15) is 0 Å². The van der Waals surface area contributed by atoms with Crippen LogP contribution in [0.15, 0.2) is 401 Å². The lowest BCUT2D eigenvalue weighted by Crippen LogP contribution is -2.29. The van der Waals surface area contributed by atoms with E-state index in [0.717, 1.165) is 166 Å². The summed E-state index contributed by atoms with van der Waals surface area (Å²) in [7, 11) is -4.60. The molecule has 0 fully saturated rings. The Morgan fingerprint density at radius 2 is 0.458 bits per heavy atom. The molecule has 0 unspecified atom stereocenters. The Morgan fingerprint density at radius 3 is 0.817 bits per heavy atom. The Bertz CT molecular complexity index is 6430. The lowest BCUT2D eigenvalue weighted by atomic mass is 9.80. The van der Waals surface area contributed by atoms with Gasteiger partial charge in [-0.15, -0.1) is 0 Å². The summed E-state index contributed by atoms with van der Waals surface area (Å²) in [6.07, 6.45) is 3.62. The summed E-state index contributed by atoms with van der Waals surface area (Å²) in [4.78, 5) is 28.7. The van der Waals surface area contributed by atoms with E-state index in [2.05, 4.69) is 175 Å². The van der Waals surface area contributed by atoms with Crippen LogP contribution in [-0.2, 0) is 0 Å². The van der Waals surface area contributed by atoms with Crippen molar-refractivity contribution in [3.63, 3.8) is 0 Å². The van der Waals surface area contributed by atoms with Crippen LogP contribution in [0.25, 0.3) is 184 Å². The van der Waals surface area contributed by atoms with Crippen molar-refractivity contribution >= 4 is 103 Å². The minimum atomic E-state index is -1.54. The SMILES string of the molecule is OB(O)c1ccc2c3ccccc3n(-c3ccc(-c4cc(-c5ccccc5)cc(-c5ccccc5)n4)cc3)c2c1.OB(O)c1ccc2c3ccccc3n(-c3ccc(-c4cc(-c5ccccn5)cc(-c5ccccn5)c4)cc3)c2c1.OB(O)c1ccc2c3ccccc3n(-c3ccc(-c4nc(-c5ccccc5)nc(-c5ccccc5)n4)cc3)c2c1. The van der Waals surface area contributed by atoms with Gasteiger partial charge in [0, 0.05) is 101 Å². The summed E-state index contributed by atoms with van der Waals surface area (Å²) >= 11 is 0. The summed E-state index contributed by atoms with van der Waals surface area (Å²) in [5.41, 5.74) is 25.1. The van der Waals surface area contributed by atoms with Gasteiger partial charge in [0.25, 0.3) is 0 Å². The third kappa shape index (κ3) is 15.0. The van der Waals surface area contributed by atoms with E-state index in [1.165, 1.54) is 0 Å². The lowest BCUT2D eigenvalue weighted by Gasteiger charge is -2.12. The Balaban J connectivity index is 0.000000119. The highest BCUT2D eigenvalue weighted by molar-refractivity contribution is 6.60. The fraction of sp³-hybridized carbons (Fsp3) is 0. The first-order chi connectivity index (χ1) is 59.0. The van der Waals surface area contributed by atoms with E-state index in [-0.39, 0.29) is 0 Å². The number of pyridine rings is 3. The van der Waals surface area contributed by atoms with Crippen LogP contribution < -0.4 is 16.4 Å². The van der Waals surface area contributed by atoms with Crippen molar-refractivity contribution in [1.82, 2.24) is 43.6 Å². The fourth-order valence-electron chi connectivity index (χ4n) is 16.0. The monoisotopic (exact) mass is 1550 g/mol. The molecule has 7 heterocycles. The molecule has 0 radical (unpaired) electrons. The predicted molar refractivity (Wildman–Crippen MR) is 488 cm³/mol. The molecule has 570 valence electrons. The number of para-hydroxylation sites is 3. The molecule has 0 aliphatic heterocycles. The van der Waals surface area contributed by atoms with Gasteiger partial charge in [-0.05, 0) is 178 Å². The maximum Gasteiger partial charge on any atom is 0.488 e. The van der Waals surface area contributed by atoms with Crippen molar-refractivity contribution in [2.45, 2.75) is 0 Å². The highest BCUT2D eigenvalue weighted by atomic mass is 16.4. The third-order valence-corrected chi connectivity index (χ3v) is 21.8. The van der Waals surface area contributed by atoms with Crippen molar-refractivity contribution in [2.75, 3.05) is 0 Å². The molecule has 14 aromatic carbocycles. The van der Waals surface area contributed by atoms with Crippen molar-refractivity contribution in [3.8, 4) is 119 Å². The van der Waals surface area contributed by atoms with Crippen LogP contribution in [0.3, 0.4) is 0 Å². The first-order valence-corrected chi connectivity index (χ1v) is 39.4. The zero-order chi connectivity index (χ0) is 81.2. The number of benzene rings is 14. The van der Waals surface area contributed by atoms with Crippen LogP contribution in [0.1, 0.15) is 0 Å². The second-order valence-corrected chi connectivity index (χ2v) is 29.3. The normalized spacial score (nSPS) is 11.2. The van der Waals surface area contributed by atoms with Gasteiger partial charge >= 0.3 is 21.4 Å². The largest absolute Gasteiger partial charge is 0.488 e. The van der Waals surface area contributed by atoms with Gasteiger partial charge in [-0.25, -0.2) is 19.9 Å². The molecular formula is C102H72B3N9O6. The molecule has 18 heteroatoms. The molecule has 0 aliphatic rings. The van der Waals surface area contributed by atoms with Crippen molar-refractivity contribution in [2.24, 2.45) is 0 Å². The molecule has 0 aliphatic carbocycles. The van der Waals surface area contributed by atoms with Crippen molar-refractivity contribution < 1.29 is 30.1 Å². The number of fused-ring (bicyclic) bond motifs is 9. The Hall–Kier alpha value is -15.1. The van der Waals surface area contributed by atoms with Crippen LogP contribution in [0.2, 0.25) is 0 Å². The minimum Gasteiger partial charge on any atom is -0.423 e. The molecule has 0 spiro atoms. The molecule has 0 saturated carbocycles. The van der Waals surface area contributed by atoms with E-state index >= 15 is 0 Å². The van der Waals surface area contributed by atoms with Crippen molar-refractivity contribution in [1.29, 1.82) is 0 Å². The predicted octanol–water partition coefficient (Wildman–Crippen LogP) is 18.8. The summed E-state index contributed by atoms with van der Waals surface area (Å²) in [6.45, 7) is 0. The van der Waals surface area contributed by atoms with Gasteiger partial charge in [0.15, 0.2) is 17.5 Å². The average Bonchev–Trinajstić information content (AvgIpc) is 1.61. The maximum atomic E-state index is 9.83. The quantitative estimate of drug-likeness (QED) is 0.0529. The Kier molecular flexibility index (Phi) is 20.5. The van der Waals surface area contributed by atoms with Gasteiger partial charge in [-0.3, -0.25) is 9.97 Å². The number of aromatic nitrogens is 9. The fourth-order valence-corrected chi connectivity index (χ4v) is 16.0. The second kappa shape index (κ2) is 32.9. The van der Waals surface area contributed by atoms with Gasteiger partial charge < -0.3 is 43.8 Å². The van der Waals surface area contributed by atoms with Gasteiger partial charge in [-0.1, -0.05) is 249 Å². The van der Waals surface area contributed by atoms with Crippen LogP contribution in [-0.4, -0.2) is 95.1 Å². The Labute approximate surface area is 691 Å². The van der Waals surface area contributed by atoms with Gasteiger partial charge in [0.05, 0.1) is 55.9 Å². The molecule has 21 rings (SSSR count). The first-order valence-electron chi connectivity index (χ1n) is 39.4. The van der Waals surface area contributed by atoms with Crippen LogP contribution >= 0.6 is 0 Å². The van der Waals surface area contributed by atoms with E-state index in [0.29, 0.717) is 33.9 Å². The van der Waals surface area contributed by atoms with Crippen LogP contribution in [0.4, 0.5) is 0 Å². The smallest absolute Gasteiger partial charge is 0.423 e. The molecular weight excluding hydrogens is 1480 g/mol.